The van der Waals surface area contributed by atoms with Gasteiger partial charge in [0.1, 0.15) is 11.9 Å². The van der Waals surface area contributed by atoms with E-state index < -0.39 is 27.9 Å². The number of amides is 3. The third-order valence-corrected chi connectivity index (χ3v) is 8.84. The zero-order valence-corrected chi connectivity index (χ0v) is 22.1. The van der Waals surface area contributed by atoms with Gasteiger partial charge in [-0.25, -0.2) is 21.9 Å². The Hall–Kier alpha value is -3.92. The summed E-state index contributed by atoms with van der Waals surface area (Å²) in [5, 5.41) is 0. The van der Waals surface area contributed by atoms with Crippen molar-refractivity contribution in [2.75, 3.05) is 42.5 Å². The van der Waals surface area contributed by atoms with Crippen molar-refractivity contribution in [3.8, 4) is 0 Å². The maximum atomic E-state index is 13.8. The van der Waals surface area contributed by atoms with E-state index in [0.717, 1.165) is 21.1 Å². The van der Waals surface area contributed by atoms with Crippen LogP contribution >= 0.6 is 0 Å². The van der Waals surface area contributed by atoms with E-state index in [1.54, 1.807) is 23.1 Å². The van der Waals surface area contributed by atoms with Crippen LogP contribution in [0.5, 0.6) is 0 Å². The van der Waals surface area contributed by atoms with Gasteiger partial charge >= 0.3 is 6.03 Å². The van der Waals surface area contributed by atoms with Crippen LogP contribution in [0.4, 0.5) is 20.6 Å². The van der Waals surface area contributed by atoms with Crippen molar-refractivity contribution in [1.29, 1.82) is 0 Å². The first kappa shape index (κ1) is 25.7. The summed E-state index contributed by atoms with van der Waals surface area (Å²) in [6.07, 6.45) is 0. The highest BCUT2D eigenvalue weighted by Crippen LogP contribution is 2.31. The maximum Gasteiger partial charge on any atom is 0.339 e. The fourth-order valence-electron chi connectivity index (χ4n) is 5.01. The molecule has 0 saturated carbocycles. The molecule has 10 heteroatoms. The lowest BCUT2D eigenvalue weighted by Gasteiger charge is -2.38. The predicted octanol–water partition coefficient (Wildman–Crippen LogP) is 3.79. The van der Waals surface area contributed by atoms with Gasteiger partial charge in [-0.15, -0.1) is 0 Å². The maximum absolute atomic E-state index is 13.8. The minimum Gasteiger partial charge on any atom is -0.368 e. The molecule has 198 valence electrons. The third kappa shape index (κ3) is 4.71. The lowest BCUT2D eigenvalue weighted by molar-refractivity contribution is -0.132. The summed E-state index contributed by atoms with van der Waals surface area (Å²) in [5.74, 6) is -0.839. The number of benzene rings is 3. The molecule has 0 spiro atoms. The summed E-state index contributed by atoms with van der Waals surface area (Å²) in [6.45, 7) is 5.85. The Morgan fingerprint density at radius 3 is 2.21 bits per heavy atom. The molecule has 2 aliphatic rings. The van der Waals surface area contributed by atoms with Crippen LogP contribution < -0.4 is 9.80 Å². The number of urea groups is 1. The number of rotatable bonds is 5. The molecule has 3 amide bonds. The van der Waals surface area contributed by atoms with Gasteiger partial charge in [-0.1, -0.05) is 30.3 Å². The van der Waals surface area contributed by atoms with Crippen molar-refractivity contribution in [2.45, 2.75) is 24.8 Å². The van der Waals surface area contributed by atoms with Gasteiger partial charge < -0.3 is 9.80 Å². The molecule has 3 aromatic carbocycles. The second-order valence-corrected chi connectivity index (χ2v) is 11.5. The highest BCUT2D eigenvalue weighted by Gasteiger charge is 2.49. The van der Waals surface area contributed by atoms with E-state index in [0.29, 0.717) is 26.2 Å². The van der Waals surface area contributed by atoms with Gasteiger partial charge in [0.2, 0.25) is 5.91 Å². The molecule has 3 aromatic rings. The Balaban J connectivity index is 1.41. The monoisotopic (exact) mass is 536 g/mol. The van der Waals surface area contributed by atoms with E-state index in [-0.39, 0.29) is 23.0 Å². The molecular weight excluding hydrogens is 507 g/mol. The smallest absolute Gasteiger partial charge is 0.339 e. The molecule has 0 aliphatic carbocycles. The van der Waals surface area contributed by atoms with Crippen LogP contribution in [-0.2, 0) is 14.8 Å². The van der Waals surface area contributed by atoms with Crippen LogP contribution in [0, 0.1) is 19.7 Å². The van der Waals surface area contributed by atoms with Crippen molar-refractivity contribution in [3.63, 3.8) is 0 Å². The molecule has 2 heterocycles. The summed E-state index contributed by atoms with van der Waals surface area (Å²) in [4.78, 5) is 32.3. The van der Waals surface area contributed by atoms with E-state index in [2.05, 4.69) is 30.0 Å². The zero-order chi connectivity index (χ0) is 27.0. The van der Waals surface area contributed by atoms with Crippen molar-refractivity contribution in [3.05, 3.63) is 89.7 Å². The number of sulfonamides is 1. The number of aryl methyl sites for hydroxylation is 2. The number of nitrogens with zero attached hydrogens (tertiary/aromatic N) is 4. The molecule has 38 heavy (non-hydrogen) atoms. The van der Waals surface area contributed by atoms with Gasteiger partial charge in [0.25, 0.3) is 10.0 Å². The van der Waals surface area contributed by atoms with Crippen molar-refractivity contribution >= 4 is 33.3 Å². The first-order chi connectivity index (χ1) is 18.2. The average molecular weight is 537 g/mol. The Morgan fingerprint density at radius 1 is 0.895 bits per heavy atom. The number of hydrogen-bond acceptors (Lipinski definition) is 5. The minimum absolute atomic E-state index is 0.0392. The topological polar surface area (TPSA) is 81.2 Å². The summed E-state index contributed by atoms with van der Waals surface area (Å²) < 4.78 is 41.1. The fourth-order valence-corrected chi connectivity index (χ4v) is 6.40. The fraction of sp³-hybridized carbons (Fsp3) is 0.286. The molecule has 5 rings (SSSR count). The Morgan fingerprint density at radius 2 is 1.55 bits per heavy atom. The molecule has 2 fully saturated rings. The molecule has 0 aromatic heterocycles. The molecule has 0 N–H and O–H groups in total. The van der Waals surface area contributed by atoms with E-state index in [9.17, 15) is 22.4 Å². The van der Waals surface area contributed by atoms with Gasteiger partial charge in [0.05, 0.1) is 11.4 Å². The lowest BCUT2D eigenvalue weighted by Crippen LogP contribution is -2.55. The van der Waals surface area contributed by atoms with Crippen molar-refractivity contribution in [2.24, 2.45) is 0 Å². The lowest BCUT2D eigenvalue weighted by atomic mass is 10.1. The molecule has 0 bridgehead atoms. The quantitative estimate of drug-likeness (QED) is 0.496. The first-order valence-electron chi connectivity index (χ1n) is 12.4. The van der Waals surface area contributed by atoms with Gasteiger partial charge in [0, 0.05) is 37.6 Å². The summed E-state index contributed by atoms with van der Waals surface area (Å²) >= 11 is 0. The van der Waals surface area contributed by atoms with Crippen LogP contribution in [0.2, 0.25) is 0 Å². The zero-order valence-electron chi connectivity index (χ0n) is 21.2. The van der Waals surface area contributed by atoms with E-state index in [4.69, 9.17) is 0 Å². The van der Waals surface area contributed by atoms with E-state index in [1.807, 2.05) is 6.92 Å². The van der Waals surface area contributed by atoms with Crippen LogP contribution in [-0.4, -0.2) is 68.3 Å². The van der Waals surface area contributed by atoms with Crippen LogP contribution in [0.15, 0.2) is 77.7 Å². The largest absolute Gasteiger partial charge is 0.368 e. The Labute approximate surface area is 221 Å². The van der Waals surface area contributed by atoms with Crippen LogP contribution in [0.25, 0.3) is 0 Å². The Bertz CT molecular complexity index is 1460. The average Bonchev–Trinajstić information content (AvgIpc) is 3.28. The molecule has 1 atom stereocenters. The molecule has 0 radical (unpaired) electrons. The number of carbonyl (C=O) groups is 2. The number of anilines is 2. The number of halogens is 1. The van der Waals surface area contributed by atoms with Gasteiger partial charge in [-0.2, -0.15) is 0 Å². The minimum atomic E-state index is -4.20. The molecule has 0 unspecified atom stereocenters. The number of carbonyl (C=O) groups excluding carboxylic acids is 2. The number of piperazine rings is 1. The SMILES string of the molecule is Cc1ccc(C)c(N2CCN(C(=O)[C@@H]3CN(S(=O)(=O)c4ccccc4)C(=O)N3c3ccc(F)cc3)CC2)c1. The summed E-state index contributed by atoms with van der Waals surface area (Å²) in [5.41, 5.74) is 3.69. The van der Waals surface area contributed by atoms with Gasteiger partial charge in [0.15, 0.2) is 0 Å². The Kier molecular flexibility index (Phi) is 6.83. The van der Waals surface area contributed by atoms with E-state index >= 15 is 0 Å². The van der Waals surface area contributed by atoms with Crippen LogP contribution in [0.1, 0.15) is 11.1 Å². The van der Waals surface area contributed by atoms with Crippen molar-refractivity contribution < 1.29 is 22.4 Å². The van der Waals surface area contributed by atoms with Crippen LogP contribution in [0.3, 0.4) is 0 Å². The highest BCUT2D eigenvalue weighted by atomic mass is 32.2. The molecule has 2 saturated heterocycles. The second kappa shape index (κ2) is 10.1. The van der Waals surface area contributed by atoms with E-state index in [1.165, 1.54) is 41.3 Å². The summed E-state index contributed by atoms with van der Waals surface area (Å²) in [7, 11) is -4.20. The van der Waals surface area contributed by atoms with Gasteiger partial charge in [-0.3, -0.25) is 9.69 Å². The highest BCUT2D eigenvalue weighted by molar-refractivity contribution is 7.89. The number of hydrogen-bond donors (Lipinski definition) is 0. The van der Waals surface area contributed by atoms with Crippen molar-refractivity contribution in [1.82, 2.24) is 9.21 Å². The normalized spacial score (nSPS) is 18.3. The molecule has 2 aliphatic heterocycles. The van der Waals surface area contributed by atoms with Gasteiger partial charge in [-0.05, 0) is 67.4 Å². The molecular formula is C28H29FN4O4S. The summed E-state index contributed by atoms with van der Waals surface area (Å²) in [6, 6.07) is 17.1. The second-order valence-electron chi connectivity index (χ2n) is 9.60. The predicted molar refractivity (Wildman–Crippen MR) is 143 cm³/mol. The third-order valence-electron chi connectivity index (χ3n) is 7.09. The molecule has 8 nitrogen and oxygen atoms in total. The standard InChI is InChI=1S/C28H29FN4O4S/c1-20-8-9-21(2)25(18-20)30-14-16-31(17-15-30)27(34)26-19-32(38(36,37)24-6-4-3-5-7-24)28(35)33(26)23-12-10-22(29)11-13-23/h3-13,18,26H,14-17,19H2,1-2H3/t26-/m0/s1. The first-order valence-corrected chi connectivity index (χ1v) is 13.9.